The van der Waals surface area contributed by atoms with Gasteiger partial charge in [-0.1, -0.05) is 29.8 Å². The van der Waals surface area contributed by atoms with Gasteiger partial charge in [-0.3, -0.25) is 9.69 Å². The van der Waals surface area contributed by atoms with Gasteiger partial charge in [0.1, 0.15) is 5.75 Å². The third kappa shape index (κ3) is 4.20. The number of aryl methyl sites for hydroxylation is 1. The van der Waals surface area contributed by atoms with Crippen molar-refractivity contribution in [2.24, 2.45) is 5.73 Å². The molecular weight excluding hydrogens is 312 g/mol. The minimum atomic E-state index is -0.470. The fourth-order valence-electron chi connectivity index (χ4n) is 3.45. The molecule has 1 heterocycles. The molecule has 1 amide bonds. The molecule has 0 unspecified atom stereocenters. The molecule has 2 N–H and O–H groups in total. The molecule has 0 bridgehead atoms. The van der Waals surface area contributed by atoms with Crippen LogP contribution in [0.15, 0.2) is 42.5 Å². The first-order valence-corrected chi connectivity index (χ1v) is 8.91. The standard InChI is InChI=1S/C21H26N2O2/c1-15-8-9-20(25-14-21(22)24)19(12-15)18-7-5-6-17(13-18)16(2)23-10-3-4-11-23/h5-9,12-13,16H,3-4,10-11,14H2,1-2H3,(H2,22,24)/t16-/m1/s1. The number of carbonyl (C=O) groups is 1. The molecule has 1 saturated heterocycles. The summed E-state index contributed by atoms with van der Waals surface area (Å²) in [5.41, 5.74) is 9.78. The van der Waals surface area contributed by atoms with Crippen LogP contribution in [0.5, 0.6) is 5.75 Å². The van der Waals surface area contributed by atoms with Crippen molar-refractivity contribution in [3.05, 3.63) is 53.6 Å². The van der Waals surface area contributed by atoms with E-state index in [9.17, 15) is 4.79 Å². The van der Waals surface area contributed by atoms with Gasteiger partial charge < -0.3 is 10.5 Å². The van der Waals surface area contributed by atoms with E-state index in [0.717, 1.165) is 16.7 Å². The summed E-state index contributed by atoms with van der Waals surface area (Å²) in [5, 5.41) is 0. The highest BCUT2D eigenvalue weighted by molar-refractivity contribution is 5.76. The summed E-state index contributed by atoms with van der Waals surface area (Å²) < 4.78 is 5.62. The lowest BCUT2D eigenvalue weighted by atomic mass is 9.97. The Hall–Kier alpha value is -2.33. The Bertz CT molecular complexity index is 751. The van der Waals surface area contributed by atoms with Crippen molar-refractivity contribution >= 4 is 5.91 Å². The first kappa shape index (κ1) is 17.5. The number of nitrogens with zero attached hydrogens (tertiary/aromatic N) is 1. The third-order valence-corrected chi connectivity index (χ3v) is 4.87. The first-order valence-electron chi connectivity index (χ1n) is 8.91. The lowest BCUT2D eigenvalue weighted by Crippen LogP contribution is -2.23. The monoisotopic (exact) mass is 338 g/mol. The Morgan fingerprint density at radius 2 is 1.96 bits per heavy atom. The van der Waals surface area contributed by atoms with Crippen molar-refractivity contribution in [1.82, 2.24) is 4.90 Å². The average Bonchev–Trinajstić information content (AvgIpc) is 3.14. The number of amides is 1. The second kappa shape index (κ2) is 7.70. The van der Waals surface area contributed by atoms with Crippen LogP contribution in [-0.2, 0) is 4.79 Å². The summed E-state index contributed by atoms with van der Waals surface area (Å²) >= 11 is 0. The topological polar surface area (TPSA) is 55.6 Å². The van der Waals surface area contributed by atoms with E-state index in [1.807, 2.05) is 12.1 Å². The number of carbonyl (C=O) groups excluding carboxylic acids is 1. The lowest BCUT2D eigenvalue weighted by Gasteiger charge is -2.24. The smallest absolute Gasteiger partial charge is 0.255 e. The second-order valence-corrected chi connectivity index (χ2v) is 6.80. The van der Waals surface area contributed by atoms with Gasteiger partial charge in [0, 0.05) is 11.6 Å². The molecule has 1 aliphatic rings. The fraction of sp³-hybridized carbons (Fsp3) is 0.381. The highest BCUT2D eigenvalue weighted by atomic mass is 16.5. The van der Waals surface area contributed by atoms with Crippen molar-refractivity contribution in [3.8, 4) is 16.9 Å². The predicted octanol–water partition coefficient (Wildman–Crippen LogP) is 3.68. The molecule has 25 heavy (non-hydrogen) atoms. The Labute approximate surface area is 149 Å². The van der Waals surface area contributed by atoms with Gasteiger partial charge in [-0.25, -0.2) is 0 Å². The Morgan fingerprint density at radius 3 is 2.68 bits per heavy atom. The summed E-state index contributed by atoms with van der Waals surface area (Å²) in [7, 11) is 0. The largest absolute Gasteiger partial charge is 0.483 e. The van der Waals surface area contributed by atoms with Crippen molar-refractivity contribution in [3.63, 3.8) is 0 Å². The molecule has 4 nitrogen and oxygen atoms in total. The number of hydrogen-bond acceptors (Lipinski definition) is 3. The number of rotatable bonds is 6. The Balaban J connectivity index is 1.92. The van der Waals surface area contributed by atoms with E-state index >= 15 is 0 Å². The van der Waals surface area contributed by atoms with Gasteiger partial charge in [-0.05, 0) is 69.1 Å². The van der Waals surface area contributed by atoms with Crippen LogP contribution in [-0.4, -0.2) is 30.5 Å². The number of ether oxygens (including phenoxy) is 1. The summed E-state index contributed by atoms with van der Waals surface area (Å²) in [5.74, 6) is 0.221. The summed E-state index contributed by atoms with van der Waals surface area (Å²) in [4.78, 5) is 13.6. The van der Waals surface area contributed by atoms with Crippen LogP contribution in [0.3, 0.4) is 0 Å². The van der Waals surface area contributed by atoms with Gasteiger partial charge in [0.25, 0.3) is 5.91 Å². The minimum absolute atomic E-state index is 0.111. The van der Waals surface area contributed by atoms with E-state index in [1.54, 1.807) is 0 Å². The predicted molar refractivity (Wildman–Crippen MR) is 101 cm³/mol. The molecule has 2 aromatic rings. The highest BCUT2D eigenvalue weighted by Gasteiger charge is 2.20. The molecule has 1 atom stereocenters. The normalized spacial score (nSPS) is 15.9. The van der Waals surface area contributed by atoms with Crippen molar-refractivity contribution in [1.29, 1.82) is 0 Å². The molecule has 4 heteroatoms. The zero-order valence-corrected chi connectivity index (χ0v) is 15.0. The number of nitrogens with two attached hydrogens (primary N) is 1. The van der Waals surface area contributed by atoms with Crippen LogP contribution in [0.1, 0.15) is 36.9 Å². The van der Waals surface area contributed by atoms with Gasteiger partial charge in [-0.15, -0.1) is 0 Å². The van der Waals surface area contributed by atoms with Crippen LogP contribution in [0.2, 0.25) is 0 Å². The van der Waals surface area contributed by atoms with Crippen molar-refractivity contribution < 1.29 is 9.53 Å². The SMILES string of the molecule is Cc1ccc(OCC(N)=O)c(-c2cccc([C@@H](C)N3CCCC3)c2)c1. The summed E-state index contributed by atoms with van der Waals surface area (Å²) in [6, 6.07) is 15.0. The van der Waals surface area contributed by atoms with Crippen LogP contribution < -0.4 is 10.5 Å². The number of hydrogen-bond donors (Lipinski definition) is 1. The van der Waals surface area contributed by atoms with Crippen LogP contribution in [0, 0.1) is 6.92 Å². The van der Waals surface area contributed by atoms with E-state index in [0.29, 0.717) is 11.8 Å². The molecule has 2 aromatic carbocycles. The molecule has 0 spiro atoms. The van der Waals surface area contributed by atoms with Crippen LogP contribution in [0.4, 0.5) is 0 Å². The van der Waals surface area contributed by atoms with E-state index in [4.69, 9.17) is 10.5 Å². The van der Waals surface area contributed by atoms with Gasteiger partial charge in [0.15, 0.2) is 6.61 Å². The second-order valence-electron chi connectivity index (χ2n) is 6.80. The van der Waals surface area contributed by atoms with E-state index in [1.165, 1.54) is 31.5 Å². The van der Waals surface area contributed by atoms with Gasteiger partial charge in [-0.2, -0.15) is 0 Å². The average molecular weight is 338 g/mol. The molecular formula is C21H26N2O2. The molecule has 3 rings (SSSR count). The van der Waals surface area contributed by atoms with Gasteiger partial charge >= 0.3 is 0 Å². The molecule has 1 fully saturated rings. The number of benzene rings is 2. The van der Waals surface area contributed by atoms with Crippen LogP contribution >= 0.6 is 0 Å². The van der Waals surface area contributed by atoms with E-state index in [2.05, 4.69) is 49.1 Å². The maximum atomic E-state index is 11.1. The van der Waals surface area contributed by atoms with Gasteiger partial charge in [0.2, 0.25) is 0 Å². The van der Waals surface area contributed by atoms with Gasteiger partial charge in [0.05, 0.1) is 0 Å². The molecule has 1 aliphatic heterocycles. The van der Waals surface area contributed by atoms with Crippen molar-refractivity contribution in [2.75, 3.05) is 19.7 Å². The quantitative estimate of drug-likeness (QED) is 0.874. The molecule has 0 saturated carbocycles. The first-order chi connectivity index (χ1) is 12.0. The zero-order valence-electron chi connectivity index (χ0n) is 15.0. The number of primary amides is 1. The van der Waals surface area contributed by atoms with E-state index < -0.39 is 5.91 Å². The summed E-state index contributed by atoms with van der Waals surface area (Å²) in [6.45, 7) is 6.55. The third-order valence-electron chi connectivity index (χ3n) is 4.87. The molecule has 0 aromatic heterocycles. The van der Waals surface area contributed by atoms with E-state index in [-0.39, 0.29) is 6.61 Å². The summed E-state index contributed by atoms with van der Waals surface area (Å²) in [6.07, 6.45) is 2.57. The molecule has 0 radical (unpaired) electrons. The zero-order chi connectivity index (χ0) is 17.8. The Morgan fingerprint density at radius 1 is 1.20 bits per heavy atom. The van der Waals surface area contributed by atoms with Crippen molar-refractivity contribution in [2.45, 2.75) is 32.7 Å². The Kier molecular flexibility index (Phi) is 5.39. The minimum Gasteiger partial charge on any atom is -0.483 e. The maximum absolute atomic E-state index is 11.1. The maximum Gasteiger partial charge on any atom is 0.255 e. The number of likely N-dealkylation sites (tertiary alicyclic amines) is 1. The molecule has 132 valence electrons. The lowest BCUT2D eigenvalue weighted by molar-refractivity contribution is -0.119. The molecule has 0 aliphatic carbocycles. The fourth-order valence-corrected chi connectivity index (χ4v) is 3.45. The highest BCUT2D eigenvalue weighted by Crippen LogP contribution is 2.34. The van der Waals surface area contributed by atoms with Crippen LogP contribution in [0.25, 0.3) is 11.1 Å².